The Balaban J connectivity index is 2.28. The van der Waals surface area contributed by atoms with Gasteiger partial charge in [-0.2, -0.15) is 0 Å². The van der Waals surface area contributed by atoms with E-state index in [1.807, 2.05) is 0 Å². The van der Waals surface area contributed by atoms with Gasteiger partial charge in [-0.1, -0.05) is 0 Å². The fourth-order valence-electron chi connectivity index (χ4n) is 1.72. The lowest BCUT2D eigenvalue weighted by Crippen LogP contribution is -2.28. The number of H-pyrrole nitrogens is 1. The maximum absolute atomic E-state index is 11.8. The predicted molar refractivity (Wildman–Crippen MR) is 53.9 cm³/mol. The van der Waals surface area contributed by atoms with Gasteiger partial charge in [0.25, 0.3) is 11.5 Å². The summed E-state index contributed by atoms with van der Waals surface area (Å²) in [6.45, 7) is 1.44. The second-order valence-corrected chi connectivity index (χ2v) is 3.60. The van der Waals surface area contributed by atoms with E-state index < -0.39 is 5.56 Å². The third kappa shape index (κ3) is 1.86. The predicted octanol–water partition coefficient (Wildman–Crippen LogP) is 0.316. The summed E-state index contributed by atoms with van der Waals surface area (Å²) in [5, 5.41) is 9.45. The minimum absolute atomic E-state index is 0.163. The number of aromatic amines is 1. The standard InChI is InChI=1S/C10H12N2O3/c13-8-5-9(14)11-6-7(8)10(15)12-3-1-2-4-12/h5-6H,1-4H2,(H2,11,13,14). The van der Waals surface area contributed by atoms with Crippen molar-refractivity contribution in [3.05, 3.63) is 28.2 Å². The van der Waals surface area contributed by atoms with Crippen molar-refractivity contribution in [2.24, 2.45) is 0 Å². The van der Waals surface area contributed by atoms with Gasteiger partial charge in [0.05, 0.1) is 5.56 Å². The van der Waals surface area contributed by atoms with E-state index in [4.69, 9.17) is 0 Å². The molecule has 1 fully saturated rings. The molecule has 5 nitrogen and oxygen atoms in total. The van der Waals surface area contributed by atoms with Crippen molar-refractivity contribution in [3.63, 3.8) is 0 Å². The lowest BCUT2D eigenvalue weighted by Gasteiger charge is -2.15. The molecule has 2 N–H and O–H groups in total. The van der Waals surface area contributed by atoms with Gasteiger partial charge in [-0.15, -0.1) is 0 Å². The fourth-order valence-corrected chi connectivity index (χ4v) is 1.72. The van der Waals surface area contributed by atoms with Crippen LogP contribution < -0.4 is 5.56 Å². The normalized spacial score (nSPS) is 15.6. The van der Waals surface area contributed by atoms with Crippen molar-refractivity contribution in [1.82, 2.24) is 9.88 Å². The number of carbonyl (C=O) groups excluding carboxylic acids is 1. The molecule has 0 atom stereocenters. The highest BCUT2D eigenvalue weighted by molar-refractivity contribution is 5.96. The second kappa shape index (κ2) is 3.76. The molecule has 1 aliphatic heterocycles. The van der Waals surface area contributed by atoms with Gasteiger partial charge in [0, 0.05) is 25.4 Å². The van der Waals surface area contributed by atoms with Gasteiger partial charge >= 0.3 is 0 Å². The van der Waals surface area contributed by atoms with Crippen molar-refractivity contribution in [3.8, 4) is 5.75 Å². The summed E-state index contributed by atoms with van der Waals surface area (Å²) in [5.74, 6) is -0.475. The van der Waals surface area contributed by atoms with Crippen molar-refractivity contribution < 1.29 is 9.90 Å². The molecule has 1 aromatic rings. The third-order valence-electron chi connectivity index (χ3n) is 2.53. The van der Waals surface area contributed by atoms with Crippen LogP contribution in [-0.4, -0.2) is 34.0 Å². The first kappa shape index (κ1) is 9.76. The number of hydrogen-bond donors (Lipinski definition) is 2. The SMILES string of the molecule is O=C(c1c[nH]c(=O)cc1O)N1CCCC1. The number of nitrogens with zero attached hydrogens (tertiary/aromatic N) is 1. The van der Waals surface area contributed by atoms with E-state index in [1.54, 1.807) is 4.90 Å². The third-order valence-corrected chi connectivity index (χ3v) is 2.53. The van der Waals surface area contributed by atoms with Gasteiger partial charge in [-0.05, 0) is 12.8 Å². The van der Waals surface area contributed by atoms with Crippen LogP contribution in [-0.2, 0) is 0 Å². The van der Waals surface area contributed by atoms with Crippen LogP contribution in [0.15, 0.2) is 17.1 Å². The summed E-state index contributed by atoms with van der Waals surface area (Å²) in [5.41, 5.74) is -0.248. The number of amides is 1. The molecule has 5 heteroatoms. The van der Waals surface area contributed by atoms with Crippen LogP contribution in [0, 0.1) is 0 Å². The molecular weight excluding hydrogens is 196 g/mol. The highest BCUT2D eigenvalue weighted by Crippen LogP contribution is 2.18. The number of aromatic hydroxyl groups is 1. The Labute approximate surface area is 86.3 Å². The van der Waals surface area contributed by atoms with E-state index in [9.17, 15) is 14.7 Å². The van der Waals surface area contributed by atoms with Crippen molar-refractivity contribution in [1.29, 1.82) is 0 Å². The molecule has 2 rings (SSSR count). The first-order valence-electron chi connectivity index (χ1n) is 4.89. The van der Waals surface area contributed by atoms with E-state index >= 15 is 0 Å². The van der Waals surface area contributed by atoms with Crippen LogP contribution in [0.25, 0.3) is 0 Å². The number of rotatable bonds is 1. The summed E-state index contributed by atoms with van der Waals surface area (Å²) in [4.78, 5) is 26.7. The van der Waals surface area contributed by atoms with Crippen LogP contribution in [0.1, 0.15) is 23.2 Å². The number of hydrogen-bond acceptors (Lipinski definition) is 3. The van der Waals surface area contributed by atoms with E-state index in [-0.39, 0.29) is 17.2 Å². The molecule has 2 heterocycles. The highest BCUT2D eigenvalue weighted by atomic mass is 16.3. The number of nitrogens with one attached hydrogen (secondary N) is 1. The zero-order valence-corrected chi connectivity index (χ0v) is 8.19. The number of pyridine rings is 1. The molecule has 0 spiro atoms. The van der Waals surface area contributed by atoms with E-state index in [0.29, 0.717) is 0 Å². The molecule has 0 bridgehead atoms. The maximum atomic E-state index is 11.8. The lowest BCUT2D eigenvalue weighted by molar-refractivity contribution is 0.0789. The lowest BCUT2D eigenvalue weighted by atomic mass is 10.2. The monoisotopic (exact) mass is 208 g/mol. The molecular formula is C10H12N2O3. The topological polar surface area (TPSA) is 73.4 Å². The van der Waals surface area contributed by atoms with Crippen molar-refractivity contribution in [2.75, 3.05) is 13.1 Å². The van der Waals surface area contributed by atoms with Gasteiger partial charge in [0.2, 0.25) is 0 Å². The zero-order valence-electron chi connectivity index (χ0n) is 8.19. The van der Waals surface area contributed by atoms with Gasteiger partial charge in [0.1, 0.15) is 5.75 Å². The first-order chi connectivity index (χ1) is 7.18. The van der Waals surface area contributed by atoms with Gasteiger partial charge in [0.15, 0.2) is 0 Å². The van der Waals surface area contributed by atoms with Crippen LogP contribution in [0.3, 0.4) is 0 Å². The molecule has 1 amide bonds. The summed E-state index contributed by atoms with van der Waals surface area (Å²) >= 11 is 0. The smallest absolute Gasteiger partial charge is 0.259 e. The molecule has 0 saturated carbocycles. The zero-order chi connectivity index (χ0) is 10.8. The molecule has 0 aliphatic carbocycles. The quantitative estimate of drug-likeness (QED) is 0.697. The minimum Gasteiger partial charge on any atom is -0.507 e. The van der Waals surface area contributed by atoms with E-state index in [1.165, 1.54) is 6.20 Å². The van der Waals surface area contributed by atoms with Gasteiger partial charge in [-0.25, -0.2) is 0 Å². The van der Waals surface area contributed by atoms with Gasteiger partial charge < -0.3 is 15.0 Å². The number of carbonyl (C=O) groups is 1. The molecule has 0 radical (unpaired) electrons. The molecule has 0 aromatic carbocycles. The summed E-state index contributed by atoms with van der Waals surface area (Å²) in [7, 11) is 0. The summed E-state index contributed by atoms with van der Waals surface area (Å²) in [6, 6.07) is 1.02. The Bertz CT molecular complexity index is 433. The molecule has 1 aliphatic rings. The Hall–Kier alpha value is -1.78. The maximum Gasteiger partial charge on any atom is 0.259 e. The largest absolute Gasteiger partial charge is 0.507 e. The second-order valence-electron chi connectivity index (χ2n) is 3.60. The Morgan fingerprint density at radius 3 is 2.67 bits per heavy atom. The minimum atomic E-state index is -0.412. The van der Waals surface area contributed by atoms with Crippen LogP contribution in [0.4, 0.5) is 0 Å². The summed E-state index contributed by atoms with van der Waals surface area (Å²) in [6.07, 6.45) is 3.25. The Kier molecular flexibility index (Phi) is 2.45. The van der Waals surface area contributed by atoms with Crippen LogP contribution >= 0.6 is 0 Å². The molecule has 15 heavy (non-hydrogen) atoms. The molecule has 1 aromatic heterocycles. The number of aromatic nitrogens is 1. The van der Waals surface area contributed by atoms with Crippen molar-refractivity contribution in [2.45, 2.75) is 12.8 Å². The van der Waals surface area contributed by atoms with Crippen LogP contribution in [0.5, 0.6) is 5.75 Å². The molecule has 0 unspecified atom stereocenters. The summed E-state index contributed by atoms with van der Waals surface area (Å²) < 4.78 is 0. The Morgan fingerprint density at radius 2 is 2.07 bits per heavy atom. The average Bonchev–Trinajstić information content (AvgIpc) is 2.69. The average molecular weight is 208 g/mol. The van der Waals surface area contributed by atoms with E-state index in [0.717, 1.165) is 32.0 Å². The van der Waals surface area contributed by atoms with Gasteiger partial charge in [-0.3, -0.25) is 9.59 Å². The molecule has 80 valence electrons. The van der Waals surface area contributed by atoms with E-state index in [2.05, 4.69) is 4.98 Å². The first-order valence-corrected chi connectivity index (χ1v) is 4.89. The van der Waals surface area contributed by atoms with Crippen molar-refractivity contribution >= 4 is 5.91 Å². The molecule has 1 saturated heterocycles. The Morgan fingerprint density at radius 1 is 1.40 bits per heavy atom. The highest BCUT2D eigenvalue weighted by Gasteiger charge is 2.21. The number of likely N-dealkylation sites (tertiary alicyclic amines) is 1. The van der Waals surface area contributed by atoms with Crippen LogP contribution in [0.2, 0.25) is 0 Å². The fraction of sp³-hybridized carbons (Fsp3) is 0.400.